The fourth-order valence-electron chi connectivity index (χ4n) is 5.61. The van der Waals surface area contributed by atoms with Crippen LogP contribution in [0.4, 0.5) is 0 Å². The minimum atomic E-state index is -1.14. The summed E-state index contributed by atoms with van der Waals surface area (Å²) in [4.78, 5) is 42.5. The van der Waals surface area contributed by atoms with Crippen LogP contribution in [0.3, 0.4) is 0 Å². The zero-order valence-electron chi connectivity index (χ0n) is 27.8. The molecule has 0 atom stereocenters. The van der Waals surface area contributed by atoms with Crippen molar-refractivity contribution in [3.8, 4) is 45.0 Å². The van der Waals surface area contributed by atoms with E-state index in [2.05, 4.69) is 71.7 Å². The van der Waals surface area contributed by atoms with Crippen LogP contribution in [0, 0.1) is 0 Å². The Bertz CT molecular complexity index is 1750. The average molecular weight is 644 g/mol. The van der Waals surface area contributed by atoms with Crippen molar-refractivity contribution in [1.29, 1.82) is 0 Å². The van der Waals surface area contributed by atoms with E-state index in [1.54, 1.807) is 30.3 Å². The van der Waals surface area contributed by atoms with Gasteiger partial charge in [0.2, 0.25) is 0 Å². The predicted octanol–water partition coefficient (Wildman–Crippen LogP) is 7.62. The van der Waals surface area contributed by atoms with Crippen LogP contribution in [-0.2, 0) is 13.1 Å². The number of aromatic nitrogens is 3. The fourth-order valence-corrected chi connectivity index (χ4v) is 5.61. The highest BCUT2D eigenvalue weighted by atomic mass is 16.4. The molecule has 246 valence electrons. The van der Waals surface area contributed by atoms with Crippen LogP contribution in [0.25, 0.3) is 45.0 Å². The lowest BCUT2D eigenvalue weighted by Gasteiger charge is -2.18. The number of nitrogens with zero attached hydrogens (tertiary/aromatic N) is 5. The van der Waals surface area contributed by atoms with Crippen LogP contribution in [0.5, 0.6) is 0 Å². The predicted molar refractivity (Wildman–Crippen MR) is 189 cm³/mol. The first-order chi connectivity index (χ1) is 23.2. The average Bonchev–Trinajstić information content (AvgIpc) is 3.13. The Morgan fingerprint density at radius 2 is 0.875 bits per heavy atom. The summed E-state index contributed by atoms with van der Waals surface area (Å²) in [5, 5.41) is 19.8. The van der Waals surface area contributed by atoms with Gasteiger partial charge in [-0.1, -0.05) is 82.3 Å². The molecule has 0 spiro atoms. The van der Waals surface area contributed by atoms with Crippen molar-refractivity contribution >= 4 is 11.9 Å². The second-order valence-electron chi connectivity index (χ2n) is 11.6. The second kappa shape index (κ2) is 15.6. The van der Waals surface area contributed by atoms with Gasteiger partial charge in [-0.15, -0.1) is 0 Å². The van der Waals surface area contributed by atoms with Gasteiger partial charge in [-0.3, -0.25) is 9.80 Å². The summed E-state index contributed by atoms with van der Waals surface area (Å²) in [5.41, 5.74) is 6.96. The third kappa shape index (κ3) is 8.17. The SMILES string of the molecule is CCN(CC)Cc1ccc(-c2cc(C(=O)O)nc(-c3cccc(-c4cc(-c5ccc(CN(CC)CC)cc5)cc(C(=O)O)n4)n3)c2)cc1. The Morgan fingerprint density at radius 3 is 1.21 bits per heavy atom. The van der Waals surface area contributed by atoms with Crippen LogP contribution in [0.15, 0.2) is 91.0 Å². The lowest BCUT2D eigenvalue weighted by Crippen LogP contribution is -2.21. The number of pyridine rings is 3. The van der Waals surface area contributed by atoms with E-state index in [0.717, 1.165) is 50.4 Å². The van der Waals surface area contributed by atoms with Crippen molar-refractivity contribution in [2.75, 3.05) is 26.2 Å². The van der Waals surface area contributed by atoms with Crippen molar-refractivity contribution in [3.63, 3.8) is 0 Å². The number of hydrogen-bond acceptors (Lipinski definition) is 7. The normalized spacial score (nSPS) is 11.3. The maximum absolute atomic E-state index is 12.1. The van der Waals surface area contributed by atoms with Gasteiger partial charge >= 0.3 is 11.9 Å². The van der Waals surface area contributed by atoms with Gasteiger partial charge in [0.25, 0.3) is 0 Å². The molecule has 0 amide bonds. The summed E-state index contributed by atoms with van der Waals surface area (Å²) >= 11 is 0. The van der Waals surface area contributed by atoms with Gasteiger partial charge in [-0.2, -0.15) is 0 Å². The molecule has 0 saturated carbocycles. The van der Waals surface area contributed by atoms with Gasteiger partial charge in [0.05, 0.1) is 22.8 Å². The highest BCUT2D eigenvalue weighted by Gasteiger charge is 2.16. The molecule has 5 rings (SSSR count). The zero-order chi connectivity index (χ0) is 34.2. The molecular formula is C39H41N5O4. The molecule has 3 heterocycles. The second-order valence-corrected chi connectivity index (χ2v) is 11.6. The molecule has 0 radical (unpaired) electrons. The number of aromatic carboxylic acids is 2. The molecule has 5 aromatic rings. The molecule has 0 saturated heterocycles. The molecule has 0 aliphatic rings. The summed E-state index contributed by atoms with van der Waals surface area (Å²) in [7, 11) is 0. The molecule has 0 fully saturated rings. The molecule has 2 N–H and O–H groups in total. The van der Waals surface area contributed by atoms with Crippen LogP contribution >= 0.6 is 0 Å². The number of hydrogen-bond donors (Lipinski definition) is 2. The van der Waals surface area contributed by atoms with E-state index in [-0.39, 0.29) is 11.4 Å². The smallest absolute Gasteiger partial charge is 0.354 e. The molecule has 3 aromatic heterocycles. The molecule has 0 aliphatic carbocycles. The summed E-state index contributed by atoms with van der Waals surface area (Å²) < 4.78 is 0. The van der Waals surface area contributed by atoms with Crippen molar-refractivity contribution in [3.05, 3.63) is 114 Å². The third-order valence-electron chi connectivity index (χ3n) is 8.54. The van der Waals surface area contributed by atoms with E-state index < -0.39 is 11.9 Å². The maximum Gasteiger partial charge on any atom is 0.354 e. The lowest BCUT2D eigenvalue weighted by atomic mass is 10.0. The summed E-state index contributed by atoms with van der Waals surface area (Å²) in [5.74, 6) is -2.29. The number of rotatable bonds is 14. The Hall–Kier alpha value is -5.25. The standard InChI is InChI=1S/C39H41N5O4/c1-5-43(6-2)24-26-12-16-28(17-13-26)30-20-34(41-36(22-30)38(45)46)32-10-9-11-33(40-32)35-21-31(23-37(42-35)39(47)48)29-18-14-27(15-19-29)25-44(7-3)8-4/h9-23H,5-8,24-25H2,1-4H3,(H,45,46)(H,47,48). The van der Waals surface area contributed by atoms with Gasteiger partial charge in [-0.25, -0.2) is 24.5 Å². The van der Waals surface area contributed by atoms with E-state index in [1.807, 2.05) is 36.4 Å². The minimum Gasteiger partial charge on any atom is -0.477 e. The Balaban J connectivity index is 1.50. The first-order valence-corrected chi connectivity index (χ1v) is 16.3. The van der Waals surface area contributed by atoms with E-state index in [9.17, 15) is 19.8 Å². The molecule has 9 heteroatoms. The van der Waals surface area contributed by atoms with Gasteiger partial charge in [0, 0.05) is 13.1 Å². The van der Waals surface area contributed by atoms with E-state index in [1.165, 1.54) is 11.1 Å². The van der Waals surface area contributed by atoms with Gasteiger partial charge in [0.1, 0.15) is 11.4 Å². The summed E-state index contributed by atoms with van der Waals surface area (Å²) in [6.45, 7) is 14.1. The third-order valence-corrected chi connectivity index (χ3v) is 8.54. The monoisotopic (exact) mass is 643 g/mol. The largest absolute Gasteiger partial charge is 0.477 e. The number of carboxylic acids is 2. The Labute approximate surface area is 281 Å². The first-order valence-electron chi connectivity index (χ1n) is 16.3. The summed E-state index contributed by atoms with van der Waals surface area (Å²) in [6.07, 6.45) is 0. The topological polar surface area (TPSA) is 120 Å². The number of benzene rings is 2. The summed E-state index contributed by atoms with van der Waals surface area (Å²) in [6, 6.07) is 28.3. The number of carbonyl (C=O) groups is 2. The minimum absolute atomic E-state index is 0.0975. The molecule has 0 aliphatic heterocycles. The van der Waals surface area contributed by atoms with Gasteiger partial charge in [-0.05, 0) is 96.0 Å². The molecule has 2 aromatic carbocycles. The van der Waals surface area contributed by atoms with Crippen molar-refractivity contribution in [2.24, 2.45) is 0 Å². The zero-order valence-corrected chi connectivity index (χ0v) is 27.8. The van der Waals surface area contributed by atoms with Crippen LogP contribution in [-0.4, -0.2) is 73.1 Å². The highest BCUT2D eigenvalue weighted by Crippen LogP contribution is 2.30. The van der Waals surface area contributed by atoms with Gasteiger partial charge in [0.15, 0.2) is 0 Å². The molecule has 9 nitrogen and oxygen atoms in total. The molecule has 48 heavy (non-hydrogen) atoms. The fraction of sp³-hybridized carbons (Fsp3) is 0.256. The van der Waals surface area contributed by atoms with Crippen LogP contribution in [0.2, 0.25) is 0 Å². The number of carboxylic acid groups (broad SMARTS) is 2. The van der Waals surface area contributed by atoms with Crippen LogP contribution < -0.4 is 0 Å². The van der Waals surface area contributed by atoms with Crippen molar-refractivity contribution in [1.82, 2.24) is 24.8 Å². The quantitative estimate of drug-likeness (QED) is 0.126. The molecular weight excluding hydrogens is 602 g/mol. The lowest BCUT2D eigenvalue weighted by molar-refractivity contribution is 0.0680. The van der Waals surface area contributed by atoms with Crippen LogP contribution in [0.1, 0.15) is 59.8 Å². The maximum atomic E-state index is 12.1. The van der Waals surface area contributed by atoms with E-state index in [0.29, 0.717) is 33.9 Å². The Morgan fingerprint density at radius 1 is 0.500 bits per heavy atom. The molecule has 0 bridgehead atoms. The first kappa shape index (κ1) is 34.1. The van der Waals surface area contributed by atoms with E-state index in [4.69, 9.17) is 4.98 Å². The van der Waals surface area contributed by atoms with Crippen molar-refractivity contribution < 1.29 is 19.8 Å². The Kier molecular flexibility index (Phi) is 11.1. The highest BCUT2D eigenvalue weighted by molar-refractivity contribution is 5.89. The van der Waals surface area contributed by atoms with Gasteiger partial charge < -0.3 is 10.2 Å². The van der Waals surface area contributed by atoms with Crippen molar-refractivity contribution in [2.45, 2.75) is 40.8 Å². The van der Waals surface area contributed by atoms with E-state index >= 15 is 0 Å². The molecule has 0 unspecified atom stereocenters.